The van der Waals surface area contributed by atoms with Crippen molar-refractivity contribution >= 4 is 19.7 Å². The Hall–Kier alpha value is -2.18. The Labute approximate surface area is 147 Å². The third-order valence-electron chi connectivity index (χ3n) is 4.69. The van der Waals surface area contributed by atoms with E-state index in [-0.39, 0.29) is 31.4 Å². The maximum absolute atomic E-state index is 13.2. The Balaban J connectivity index is 1.96. The summed E-state index contributed by atoms with van der Waals surface area (Å²) in [6.45, 7) is 0. The molecule has 2 aliphatic carbocycles. The van der Waals surface area contributed by atoms with Gasteiger partial charge in [-0.1, -0.05) is 48.6 Å². The van der Waals surface area contributed by atoms with E-state index in [1.165, 1.54) is 24.3 Å². The van der Waals surface area contributed by atoms with Crippen LogP contribution >= 0.6 is 0 Å². The van der Waals surface area contributed by atoms with E-state index in [9.17, 15) is 16.8 Å². The maximum atomic E-state index is 13.2. The summed E-state index contributed by atoms with van der Waals surface area (Å²) in [5.41, 5.74) is 0. The highest BCUT2D eigenvalue weighted by atomic mass is 32.2. The molecule has 0 radical (unpaired) electrons. The van der Waals surface area contributed by atoms with Crippen molar-refractivity contribution in [2.24, 2.45) is 11.8 Å². The van der Waals surface area contributed by atoms with Crippen molar-refractivity contribution in [3.8, 4) is 0 Å². The molecule has 4 nitrogen and oxygen atoms in total. The summed E-state index contributed by atoms with van der Waals surface area (Å²) in [6, 6.07) is 16.0. The van der Waals surface area contributed by atoms with Crippen LogP contribution in [0.5, 0.6) is 0 Å². The highest BCUT2D eigenvalue weighted by molar-refractivity contribution is 7.99. The van der Waals surface area contributed by atoms with Gasteiger partial charge in [-0.2, -0.15) is 0 Å². The van der Waals surface area contributed by atoms with Gasteiger partial charge in [0.1, 0.15) is 0 Å². The molecule has 2 atom stereocenters. The van der Waals surface area contributed by atoms with Crippen molar-refractivity contribution < 1.29 is 16.8 Å². The van der Waals surface area contributed by atoms with Crippen LogP contribution in [0.25, 0.3) is 0 Å². The van der Waals surface area contributed by atoms with E-state index in [4.69, 9.17) is 0 Å². The lowest BCUT2D eigenvalue weighted by atomic mass is 10.2. The summed E-state index contributed by atoms with van der Waals surface area (Å²) in [5, 5.41) is 0. The van der Waals surface area contributed by atoms with Crippen LogP contribution in [0.4, 0.5) is 0 Å². The first kappa shape index (κ1) is 16.3. The standard InChI is InChI=1S/C19H16O4S2/c20-24(21,16-7-3-1-4-8-16)18-14-11-12-15(13-14)19(18)25(22,23)17-9-5-2-6-10-17/h1-12,14-15H,13H2. The fourth-order valence-electron chi connectivity index (χ4n) is 3.57. The first-order valence-electron chi connectivity index (χ1n) is 7.95. The zero-order valence-electron chi connectivity index (χ0n) is 13.2. The quantitative estimate of drug-likeness (QED) is 0.772. The summed E-state index contributed by atoms with van der Waals surface area (Å²) in [5.74, 6) is -0.743. The zero-order chi connectivity index (χ0) is 17.7. The van der Waals surface area contributed by atoms with Gasteiger partial charge in [-0.3, -0.25) is 0 Å². The molecule has 0 saturated carbocycles. The molecule has 2 aromatic rings. The number of rotatable bonds is 4. The Bertz CT molecular complexity index is 993. The predicted octanol–water partition coefficient (Wildman–Crippen LogP) is 3.35. The van der Waals surface area contributed by atoms with E-state index in [0.29, 0.717) is 6.42 Å². The molecule has 0 aromatic heterocycles. The Morgan fingerprint density at radius 2 is 0.960 bits per heavy atom. The SMILES string of the molecule is O=S(=O)(C1=C(S(=O)(=O)c2ccccc2)C2C=CC1C2)c1ccccc1. The lowest BCUT2D eigenvalue weighted by molar-refractivity contribution is 0.594. The van der Waals surface area contributed by atoms with Crippen LogP contribution < -0.4 is 0 Å². The average Bonchev–Trinajstić information content (AvgIpc) is 3.25. The third-order valence-corrected chi connectivity index (χ3v) is 8.80. The van der Waals surface area contributed by atoms with Gasteiger partial charge in [0, 0.05) is 11.8 Å². The molecule has 2 aromatic carbocycles. The van der Waals surface area contributed by atoms with Gasteiger partial charge in [0.05, 0.1) is 19.6 Å². The van der Waals surface area contributed by atoms with Crippen molar-refractivity contribution in [3.05, 3.63) is 82.6 Å². The number of hydrogen-bond acceptors (Lipinski definition) is 4. The number of benzene rings is 2. The molecule has 0 spiro atoms. The van der Waals surface area contributed by atoms with Crippen LogP contribution in [-0.2, 0) is 19.7 Å². The molecular weight excluding hydrogens is 356 g/mol. The Morgan fingerprint density at radius 3 is 1.32 bits per heavy atom. The molecule has 128 valence electrons. The molecule has 0 heterocycles. The van der Waals surface area contributed by atoms with E-state index in [1.54, 1.807) is 36.4 Å². The Morgan fingerprint density at radius 1 is 0.600 bits per heavy atom. The van der Waals surface area contributed by atoms with Crippen molar-refractivity contribution in [1.82, 2.24) is 0 Å². The lowest BCUT2D eigenvalue weighted by Gasteiger charge is -2.17. The summed E-state index contributed by atoms with van der Waals surface area (Å²) in [7, 11) is -7.72. The topological polar surface area (TPSA) is 68.3 Å². The van der Waals surface area contributed by atoms with Gasteiger partial charge in [-0.25, -0.2) is 16.8 Å². The van der Waals surface area contributed by atoms with E-state index >= 15 is 0 Å². The molecular formula is C19H16O4S2. The lowest BCUT2D eigenvalue weighted by Crippen LogP contribution is -2.17. The van der Waals surface area contributed by atoms with Crippen molar-refractivity contribution in [2.45, 2.75) is 16.2 Å². The summed E-state index contributed by atoms with van der Waals surface area (Å²) in [4.78, 5) is 0.337. The molecule has 2 unspecified atom stereocenters. The largest absolute Gasteiger partial charge is 0.219 e. The summed E-state index contributed by atoms with van der Waals surface area (Å²) < 4.78 is 52.6. The van der Waals surface area contributed by atoms with E-state index in [2.05, 4.69) is 0 Å². The second-order valence-corrected chi connectivity index (χ2v) is 10.0. The number of allylic oxidation sites excluding steroid dienone is 4. The second-order valence-electron chi connectivity index (χ2n) is 6.20. The van der Waals surface area contributed by atoms with E-state index < -0.39 is 19.7 Å². The maximum Gasteiger partial charge on any atom is 0.204 e. The van der Waals surface area contributed by atoms with Crippen molar-refractivity contribution in [1.29, 1.82) is 0 Å². The minimum absolute atomic E-state index is 0.0371. The number of fused-ring (bicyclic) bond motifs is 2. The van der Waals surface area contributed by atoms with Gasteiger partial charge in [-0.05, 0) is 30.7 Å². The highest BCUT2D eigenvalue weighted by Gasteiger charge is 2.47. The van der Waals surface area contributed by atoms with Crippen LogP contribution in [0, 0.1) is 11.8 Å². The molecule has 0 amide bonds. The predicted molar refractivity (Wildman–Crippen MR) is 95.0 cm³/mol. The van der Waals surface area contributed by atoms with Crippen LogP contribution in [0.2, 0.25) is 0 Å². The van der Waals surface area contributed by atoms with Crippen LogP contribution in [0.1, 0.15) is 6.42 Å². The average molecular weight is 372 g/mol. The van der Waals surface area contributed by atoms with Gasteiger partial charge in [0.15, 0.2) is 0 Å². The molecule has 0 fully saturated rings. The first-order chi connectivity index (χ1) is 11.9. The van der Waals surface area contributed by atoms with Crippen LogP contribution in [0.15, 0.2) is 92.4 Å². The first-order valence-corrected chi connectivity index (χ1v) is 10.9. The van der Waals surface area contributed by atoms with Crippen LogP contribution in [0.3, 0.4) is 0 Å². The van der Waals surface area contributed by atoms with E-state index in [1.807, 2.05) is 12.2 Å². The molecule has 0 saturated heterocycles. The fraction of sp³-hybridized carbons (Fsp3) is 0.158. The second kappa shape index (κ2) is 5.68. The van der Waals surface area contributed by atoms with Crippen molar-refractivity contribution in [2.75, 3.05) is 0 Å². The van der Waals surface area contributed by atoms with Crippen molar-refractivity contribution in [3.63, 3.8) is 0 Å². The number of sulfone groups is 2. The van der Waals surface area contributed by atoms with Gasteiger partial charge >= 0.3 is 0 Å². The molecule has 6 heteroatoms. The summed E-state index contributed by atoms with van der Waals surface area (Å²) in [6.07, 6.45) is 4.12. The van der Waals surface area contributed by atoms with Gasteiger partial charge in [-0.15, -0.1) is 0 Å². The number of hydrogen-bond donors (Lipinski definition) is 0. The summed E-state index contributed by atoms with van der Waals surface area (Å²) >= 11 is 0. The zero-order valence-corrected chi connectivity index (χ0v) is 14.9. The fourth-order valence-corrected chi connectivity index (χ4v) is 7.75. The minimum atomic E-state index is -3.86. The highest BCUT2D eigenvalue weighted by Crippen LogP contribution is 2.50. The van der Waals surface area contributed by atoms with E-state index in [0.717, 1.165) is 0 Å². The van der Waals surface area contributed by atoms with Gasteiger partial charge in [0.2, 0.25) is 19.7 Å². The van der Waals surface area contributed by atoms with Gasteiger partial charge in [0.25, 0.3) is 0 Å². The molecule has 4 rings (SSSR count). The van der Waals surface area contributed by atoms with Crippen LogP contribution in [-0.4, -0.2) is 16.8 Å². The molecule has 0 N–H and O–H groups in total. The molecule has 0 aliphatic heterocycles. The minimum Gasteiger partial charge on any atom is -0.219 e. The normalized spacial score (nSPS) is 22.6. The molecule has 2 bridgehead atoms. The monoisotopic (exact) mass is 372 g/mol. The smallest absolute Gasteiger partial charge is 0.204 e. The van der Waals surface area contributed by atoms with Gasteiger partial charge < -0.3 is 0 Å². The third kappa shape index (κ3) is 2.48. The molecule has 25 heavy (non-hydrogen) atoms. The molecule has 2 aliphatic rings. The Kier molecular flexibility index (Phi) is 3.70.